The lowest BCUT2D eigenvalue weighted by atomic mass is 9.96. The molecule has 0 aliphatic heterocycles. The van der Waals surface area contributed by atoms with Crippen molar-refractivity contribution in [3.05, 3.63) is 16.6 Å². The van der Waals surface area contributed by atoms with E-state index in [1.165, 1.54) is 24.3 Å². The molecule has 1 unspecified atom stereocenters. The third-order valence-corrected chi connectivity index (χ3v) is 4.02. The van der Waals surface area contributed by atoms with Crippen molar-refractivity contribution in [1.29, 1.82) is 0 Å². The first-order chi connectivity index (χ1) is 6.77. The zero-order valence-corrected chi connectivity index (χ0v) is 9.73. The van der Waals surface area contributed by atoms with Gasteiger partial charge in [-0.3, -0.25) is 0 Å². The molecule has 1 fully saturated rings. The van der Waals surface area contributed by atoms with Crippen molar-refractivity contribution in [3.63, 3.8) is 0 Å². The molecule has 1 aromatic heterocycles. The van der Waals surface area contributed by atoms with Crippen molar-refractivity contribution in [2.45, 2.75) is 38.6 Å². The lowest BCUT2D eigenvalue weighted by Gasteiger charge is -2.28. The number of rotatable bonds is 5. The molecule has 1 aliphatic rings. The van der Waals surface area contributed by atoms with Crippen molar-refractivity contribution >= 4 is 11.3 Å². The average molecular weight is 210 g/mol. The fraction of sp³-hybridized carbons (Fsp3) is 0.727. The van der Waals surface area contributed by atoms with Crippen LogP contribution in [-0.2, 0) is 5.54 Å². The summed E-state index contributed by atoms with van der Waals surface area (Å²) in [5.74, 6) is 0.806. The van der Waals surface area contributed by atoms with Crippen molar-refractivity contribution in [2.75, 3.05) is 6.54 Å². The summed E-state index contributed by atoms with van der Waals surface area (Å²) in [6.07, 6.45) is 5.81. The molecular formula is C11H18N2S. The molecule has 0 aromatic carbocycles. The van der Waals surface area contributed by atoms with E-state index in [-0.39, 0.29) is 5.54 Å². The lowest BCUT2D eigenvalue weighted by molar-refractivity contribution is 0.318. The number of nitrogens with zero attached hydrogens (tertiary/aromatic N) is 1. The molecule has 0 saturated heterocycles. The zero-order valence-electron chi connectivity index (χ0n) is 8.92. The molecule has 1 heterocycles. The smallest absolute Gasteiger partial charge is 0.113 e. The topological polar surface area (TPSA) is 24.9 Å². The fourth-order valence-electron chi connectivity index (χ4n) is 1.92. The van der Waals surface area contributed by atoms with Gasteiger partial charge in [-0.25, -0.2) is 4.98 Å². The third-order valence-electron chi connectivity index (χ3n) is 3.01. The lowest BCUT2D eigenvalue weighted by Crippen LogP contribution is -2.41. The van der Waals surface area contributed by atoms with Gasteiger partial charge in [-0.1, -0.05) is 6.92 Å². The number of nitrogens with one attached hydrogen (secondary N) is 1. The molecule has 1 aromatic rings. The molecule has 1 atom stereocenters. The van der Waals surface area contributed by atoms with Crippen LogP contribution in [0.5, 0.6) is 0 Å². The second-order valence-corrected chi connectivity index (χ2v) is 5.14. The summed E-state index contributed by atoms with van der Waals surface area (Å²) >= 11 is 1.78. The SMILES string of the molecule is CCCNC(C)(c1nccs1)C1CC1. The quantitative estimate of drug-likeness (QED) is 0.808. The Balaban J connectivity index is 2.13. The molecule has 1 aliphatic carbocycles. The van der Waals surface area contributed by atoms with Crippen molar-refractivity contribution in [1.82, 2.24) is 10.3 Å². The van der Waals surface area contributed by atoms with Crippen molar-refractivity contribution < 1.29 is 0 Å². The zero-order chi connectivity index (χ0) is 10.0. The summed E-state index contributed by atoms with van der Waals surface area (Å²) in [4.78, 5) is 4.46. The van der Waals surface area contributed by atoms with E-state index in [0.717, 1.165) is 12.5 Å². The summed E-state index contributed by atoms with van der Waals surface area (Å²) in [5, 5.41) is 6.99. The van der Waals surface area contributed by atoms with Gasteiger partial charge in [-0.05, 0) is 38.6 Å². The molecule has 0 amide bonds. The van der Waals surface area contributed by atoms with Crippen LogP contribution in [0.2, 0.25) is 0 Å². The van der Waals surface area contributed by atoms with Crippen LogP contribution in [0.25, 0.3) is 0 Å². The Morgan fingerprint density at radius 3 is 2.93 bits per heavy atom. The molecule has 3 heteroatoms. The number of aromatic nitrogens is 1. The van der Waals surface area contributed by atoms with Crippen LogP contribution < -0.4 is 5.32 Å². The van der Waals surface area contributed by atoms with Gasteiger partial charge in [0.05, 0.1) is 5.54 Å². The van der Waals surface area contributed by atoms with E-state index in [1.54, 1.807) is 11.3 Å². The van der Waals surface area contributed by atoms with E-state index in [9.17, 15) is 0 Å². The number of hydrogen-bond donors (Lipinski definition) is 1. The van der Waals surface area contributed by atoms with Gasteiger partial charge in [0.2, 0.25) is 0 Å². The molecule has 0 spiro atoms. The summed E-state index contributed by atoms with van der Waals surface area (Å²) in [5.41, 5.74) is 0.143. The molecule has 2 rings (SSSR count). The van der Waals surface area contributed by atoms with Gasteiger partial charge in [0.1, 0.15) is 5.01 Å². The average Bonchev–Trinajstić information content (AvgIpc) is 2.91. The third kappa shape index (κ3) is 1.84. The monoisotopic (exact) mass is 210 g/mol. The Bertz CT molecular complexity index is 279. The van der Waals surface area contributed by atoms with E-state index in [1.807, 2.05) is 6.20 Å². The fourth-order valence-corrected chi connectivity index (χ4v) is 2.78. The number of thiazole rings is 1. The highest BCUT2D eigenvalue weighted by Gasteiger charge is 2.43. The summed E-state index contributed by atoms with van der Waals surface area (Å²) in [7, 11) is 0. The Kier molecular flexibility index (Phi) is 2.88. The van der Waals surface area contributed by atoms with Crippen molar-refractivity contribution in [3.8, 4) is 0 Å². The van der Waals surface area contributed by atoms with Crippen LogP contribution in [0.15, 0.2) is 11.6 Å². The van der Waals surface area contributed by atoms with E-state index < -0.39 is 0 Å². The minimum absolute atomic E-state index is 0.143. The van der Waals surface area contributed by atoms with Crippen LogP contribution in [-0.4, -0.2) is 11.5 Å². The van der Waals surface area contributed by atoms with E-state index >= 15 is 0 Å². The van der Waals surface area contributed by atoms with Crippen LogP contribution in [0.1, 0.15) is 38.1 Å². The van der Waals surface area contributed by atoms with Crippen LogP contribution in [0, 0.1) is 5.92 Å². The minimum atomic E-state index is 0.143. The molecule has 78 valence electrons. The second-order valence-electron chi connectivity index (χ2n) is 4.24. The number of hydrogen-bond acceptors (Lipinski definition) is 3. The summed E-state index contributed by atoms with van der Waals surface area (Å²) < 4.78 is 0. The molecule has 2 nitrogen and oxygen atoms in total. The van der Waals surface area contributed by atoms with Gasteiger partial charge in [-0.2, -0.15) is 0 Å². The molecular weight excluding hydrogens is 192 g/mol. The van der Waals surface area contributed by atoms with Crippen LogP contribution in [0.4, 0.5) is 0 Å². The van der Waals surface area contributed by atoms with Gasteiger partial charge in [0.15, 0.2) is 0 Å². The van der Waals surface area contributed by atoms with E-state index in [4.69, 9.17) is 0 Å². The van der Waals surface area contributed by atoms with Gasteiger partial charge >= 0.3 is 0 Å². The highest BCUT2D eigenvalue weighted by atomic mass is 32.1. The Labute approximate surface area is 89.8 Å². The highest BCUT2D eigenvalue weighted by molar-refractivity contribution is 7.09. The maximum Gasteiger partial charge on any atom is 0.113 e. The van der Waals surface area contributed by atoms with Crippen molar-refractivity contribution in [2.24, 2.45) is 5.92 Å². The molecule has 0 bridgehead atoms. The summed E-state index contributed by atoms with van der Waals surface area (Å²) in [6, 6.07) is 0. The van der Waals surface area contributed by atoms with E-state index in [2.05, 4.69) is 29.5 Å². The first-order valence-corrected chi connectivity index (χ1v) is 6.30. The molecule has 14 heavy (non-hydrogen) atoms. The van der Waals surface area contributed by atoms with Gasteiger partial charge in [0.25, 0.3) is 0 Å². The Morgan fingerprint density at radius 2 is 2.43 bits per heavy atom. The Hall–Kier alpha value is -0.410. The molecule has 0 radical (unpaired) electrons. The Morgan fingerprint density at radius 1 is 1.64 bits per heavy atom. The van der Waals surface area contributed by atoms with E-state index in [0.29, 0.717) is 0 Å². The maximum atomic E-state index is 4.46. The van der Waals surface area contributed by atoms with Gasteiger partial charge in [0, 0.05) is 11.6 Å². The normalized spacial score (nSPS) is 20.7. The standard InChI is InChI=1S/C11H18N2S/c1-3-6-13-11(2,9-4-5-9)10-12-7-8-14-10/h7-9,13H,3-6H2,1-2H3. The maximum absolute atomic E-state index is 4.46. The largest absolute Gasteiger partial charge is 0.305 e. The highest BCUT2D eigenvalue weighted by Crippen LogP contribution is 2.45. The second kappa shape index (κ2) is 3.99. The minimum Gasteiger partial charge on any atom is -0.305 e. The first-order valence-electron chi connectivity index (χ1n) is 5.42. The van der Waals surface area contributed by atoms with Crippen LogP contribution in [0.3, 0.4) is 0 Å². The predicted octanol–water partition coefficient (Wildman–Crippen LogP) is 2.77. The molecule has 1 N–H and O–H groups in total. The van der Waals surface area contributed by atoms with Crippen LogP contribution >= 0.6 is 11.3 Å². The first kappa shape index (κ1) is 10.1. The molecule has 1 saturated carbocycles. The summed E-state index contributed by atoms with van der Waals surface area (Å²) in [6.45, 7) is 5.61. The van der Waals surface area contributed by atoms with Gasteiger partial charge in [-0.15, -0.1) is 11.3 Å². The predicted molar refractivity (Wildman–Crippen MR) is 60.5 cm³/mol. The van der Waals surface area contributed by atoms with Gasteiger partial charge < -0.3 is 5.32 Å².